The number of nitrogens with zero attached hydrogens (tertiary/aromatic N) is 3. The number of hydrogen-bond donors (Lipinski definition) is 1. The van der Waals surface area contributed by atoms with Crippen molar-refractivity contribution in [2.24, 2.45) is 0 Å². The summed E-state index contributed by atoms with van der Waals surface area (Å²) in [7, 11) is 2.05. The number of ether oxygens (including phenoxy) is 1. The third kappa shape index (κ3) is 10.9. The Hall–Kier alpha value is -3.04. The highest BCUT2D eigenvalue weighted by molar-refractivity contribution is 8.13. The first-order valence-corrected chi connectivity index (χ1v) is 14.6. The molecule has 1 aliphatic heterocycles. The Balaban J connectivity index is 1.70. The number of amides is 3. The summed E-state index contributed by atoms with van der Waals surface area (Å²) in [5.41, 5.74) is 1.54. The van der Waals surface area contributed by atoms with Crippen LogP contribution in [0.3, 0.4) is 0 Å². The van der Waals surface area contributed by atoms with Gasteiger partial charge in [-0.3, -0.25) is 4.79 Å². The normalized spacial score (nSPS) is 14.9. The van der Waals surface area contributed by atoms with Gasteiger partial charge in [-0.2, -0.15) is 0 Å². The van der Waals surface area contributed by atoms with Crippen LogP contribution in [-0.2, 0) is 22.4 Å². The zero-order valence-corrected chi connectivity index (χ0v) is 24.4. The third-order valence-corrected chi connectivity index (χ3v) is 7.17. The molecule has 212 valence electrons. The van der Waals surface area contributed by atoms with Crippen LogP contribution in [0.5, 0.6) is 0 Å². The fourth-order valence-corrected chi connectivity index (χ4v) is 5.07. The molecule has 9 heteroatoms. The second kappa shape index (κ2) is 14.9. The maximum Gasteiger partial charge on any atom is 0.367 e. The summed E-state index contributed by atoms with van der Waals surface area (Å²) in [4.78, 5) is 45.2. The molecule has 1 aliphatic rings. The van der Waals surface area contributed by atoms with E-state index in [4.69, 9.17) is 4.74 Å². The fourth-order valence-electron chi connectivity index (χ4n) is 4.28. The highest BCUT2D eigenvalue weighted by Gasteiger charge is 2.29. The van der Waals surface area contributed by atoms with Gasteiger partial charge in [-0.25, -0.2) is 9.59 Å². The Morgan fingerprint density at radius 1 is 0.923 bits per heavy atom. The van der Waals surface area contributed by atoms with E-state index < -0.39 is 11.6 Å². The molecule has 1 atom stereocenters. The average Bonchev–Trinajstić information content (AvgIpc) is 2.90. The Morgan fingerprint density at radius 3 is 2.10 bits per heavy atom. The monoisotopic (exact) mass is 554 g/mol. The zero-order valence-electron chi connectivity index (χ0n) is 23.6. The van der Waals surface area contributed by atoms with Gasteiger partial charge in [-0.05, 0) is 57.1 Å². The minimum atomic E-state index is -0.680. The van der Waals surface area contributed by atoms with Gasteiger partial charge in [0.1, 0.15) is 11.6 Å². The molecule has 0 radical (unpaired) electrons. The van der Waals surface area contributed by atoms with Crippen molar-refractivity contribution in [2.75, 3.05) is 52.1 Å². The van der Waals surface area contributed by atoms with Crippen LogP contribution in [0.15, 0.2) is 60.7 Å². The maximum absolute atomic E-state index is 13.6. The molecule has 39 heavy (non-hydrogen) atoms. The molecule has 8 nitrogen and oxygen atoms in total. The van der Waals surface area contributed by atoms with Crippen LogP contribution in [0.1, 0.15) is 31.9 Å². The van der Waals surface area contributed by atoms with Crippen LogP contribution in [0.2, 0.25) is 0 Å². The van der Waals surface area contributed by atoms with E-state index >= 15 is 0 Å². The molecule has 2 aromatic carbocycles. The lowest BCUT2D eigenvalue weighted by atomic mass is 10.0. The molecule has 0 unspecified atom stereocenters. The smallest absolute Gasteiger partial charge is 0.367 e. The summed E-state index contributed by atoms with van der Waals surface area (Å²) >= 11 is 1.06. The van der Waals surface area contributed by atoms with Gasteiger partial charge >= 0.3 is 11.3 Å². The maximum atomic E-state index is 13.6. The quantitative estimate of drug-likeness (QED) is 0.441. The largest absolute Gasteiger partial charge is 0.452 e. The summed E-state index contributed by atoms with van der Waals surface area (Å²) in [5, 5.41) is 2.68. The number of likely N-dealkylation sites (N-methyl/N-ethyl adjacent to an activating group) is 1. The Labute approximate surface area is 237 Å². The minimum absolute atomic E-state index is 0.0635. The van der Waals surface area contributed by atoms with Crippen molar-refractivity contribution >= 4 is 29.0 Å². The first-order valence-electron chi connectivity index (χ1n) is 13.6. The van der Waals surface area contributed by atoms with Crippen LogP contribution in [-0.4, -0.2) is 95.7 Å². The van der Waals surface area contributed by atoms with Crippen molar-refractivity contribution in [2.45, 2.75) is 45.3 Å². The van der Waals surface area contributed by atoms with Crippen LogP contribution in [0, 0.1) is 0 Å². The molecule has 2 aromatic rings. The van der Waals surface area contributed by atoms with Gasteiger partial charge in [0.2, 0.25) is 5.91 Å². The number of benzene rings is 2. The van der Waals surface area contributed by atoms with Crippen molar-refractivity contribution in [3.05, 3.63) is 71.8 Å². The predicted molar refractivity (Wildman–Crippen MR) is 157 cm³/mol. The summed E-state index contributed by atoms with van der Waals surface area (Å²) in [6, 6.07) is 18.7. The molecular weight excluding hydrogens is 512 g/mol. The Kier molecular flexibility index (Phi) is 11.7. The molecule has 0 saturated carbocycles. The van der Waals surface area contributed by atoms with Gasteiger partial charge in [0.15, 0.2) is 0 Å². The third-order valence-electron chi connectivity index (χ3n) is 6.46. The molecule has 0 bridgehead atoms. The summed E-state index contributed by atoms with van der Waals surface area (Å²) in [6.45, 7) is 9.20. The molecule has 1 fully saturated rings. The molecule has 3 rings (SSSR count). The number of piperazine rings is 1. The van der Waals surface area contributed by atoms with E-state index in [0.717, 1.165) is 36.0 Å². The second-order valence-corrected chi connectivity index (χ2v) is 11.9. The number of urea groups is 1. The van der Waals surface area contributed by atoms with E-state index in [9.17, 15) is 14.4 Å². The Bertz CT molecular complexity index is 1050. The molecule has 1 heterocycles. The van der Waals surface area contributed by atoms with Crippen LogP contribution < -0.4 is 5.32 Å². The van der Waals surface area contributed by atoms with E-state index in [0.29, 0.717) is 44.8 Å². The standard InChI is InChI=1S/C30H42N4O4S/c1-30(2,3)38-29(37)39-22-21-34(16-15-24-11-7-5-8-12-24)28(36)31-26(23-25-13-9-6-10-14-25)27(35)33-19-17-32(4)18-20-33/h5-14,26H,15-23H2,1-4H3,(H,31,36)/t26-/m0/s1. The number of carbonyl (C=O) groups is 3. The van der Waals surface area contributed by atoms with Crippen molar-refractivity contribution in [1.82, 2.24) is 20.0 Å². The number of rotatable bonds is 10. The summed E-state index contributed by atoms with van der Waals surface area (Å²) in [6.07, 6.45) is 1.08. The molecule has 1 N–H and O–H groups in total. The molecule has 0 aromatic heterocycles. The van der Waals surface area contributed by atoms with E-state index in [1.807, 2.05) is 93.4 Å². The number of nitrogens with one attached hydrogen (secondary N) is 1. The highest BCUT2D eigenvalue weighted by atomic mass is 32.2. The Morgan fingerprint density at radius 2 is 1.51 bits per heavy atom. The van der Waals surface area contributed by atoms with Gasteiger partial charge in [-0.15, -0.1) is 0 Å². The van der Waals surface area contributed by atoms with Gasteiger partial charge in [-0.1, -0.05) is 60.7 Å². The highest BCUT2D eigenvalue weighted by Crippen LogP contribution is 2.16. The van der Waals surface area contributed by atoms with Crippen molar-refractivity contribution < 1.29 is 19.1 Å². The zero-order chi connectivity index (χ0) is 28.3. The lowest BCUT2D eigenvalue weighted by Crippen LogP contribution is -2.57. The van der Waals surface area contributed by atoms with Crippen molar-refractivity contribution in [3.63, 3.8) is 0 Å². The molecule has 0 spiro atoms. The van der Waals surface area contributed by atoms with Crippen molar-refractivity contribution in [1.29, 1.82) is 0 Å². The number of thioether (sulfide) groups is 1. The SMILES string of the molecule is CN1CCN(C(=O)[C@H](Cc2ccccc2)NC(=O)N(CCSC(=O)OC(C)(C)C)CCc2ccccc2)CC1. The van der Waals surface area contributed by atoms with E-state index in [2.05, 4.69) is 10.2 Å². The lowest BCUT2D eigenvalue weighted by molar-refractivity contribution is -0.134. The van der Waals surface area contributed by atoms with E-state index in [-0.39, 0.29) is 17.2 Å². The topological polar surface area (TPSA) is 82.2 Å². The van der Waals surface area contributed by atoms with Crippen LogP contribution in [0.4, 0.5) is 9.59 Å². The fraction of sp³-hybridized carbons (Fsp3) is 0.500. The average molecular weight is 555 g/mol. The van der Waals surface area contributed by atoms with Crippen LogP contribution >= 0.6 is 11.8 Å². The molecular formula is C30H42N4O4S. The van der Waals surface area contributed by atoms with Crippen molar-refractivity contribution in [3.8, 4) is 0 Å². The number of hydrogen-bond acceptors (Lipinski definition) is 6. The van der Waals surface area contributed by atoms with Gasteiger partial charge < -0.3 is 24.8 Å². The molecule has 0 aliphatic carbocycles. The summed E-state index contributed by atoms with van der Waals surface area (Å²) in [5.74, 6) is 0.332. The van der Waals surface area contributed by atoms with Gasteiger partial charge in [0, 0.05) is 51.4 Å². The molecule has 3 amide bonds. The summed E-state index contributed by atoms with van der Waals surface area (Å²) < 4.78 is 5.40. The first kappa shape index (κ1) is 30.5. The minimum Gasteiger partial charge on any atom is -0.452 e. The van der Waals surface area contributed by atoms with E-state index in [1.165, 1.54) is 0 Å². The number of carbonyl (C=O) groups excluding carboxylic acids is 3. The lowest BCUT2D eigenvalue weighted by Gasteiger charge is -2.35. The van der Waals surface area contributed by atoms with Gasteiger partial charge in [0.25, 0.3) is 0 Å². The van der Waals surface area contributed by atoms with E-state index in [1.54, 1.807) is 4.90 Å². The van der Waals surface area contributed by atoms with Crippen LogP contribution in [0.25, 0.3) is 0 Å². The predicted octanol–water partition coefficient (Wildman–Crippen LogP) is 4.29. The molecule has 1 saturated heterocycles. The first-order chi connectivity index (χ1) is 18.6. The van der Waals surface area contributed by atoms with Gasteiger partial charge in [0.05, 0.1) is 0 Å². The second-order valence-electron chi connectivity index (χ2n) is 10.9.